The van der Waals surface area contributed by atoms with Crippen LogP contribution in [-0.4, -0.2) is 28.3 Å². The largest absolute Gasteiger partial charge is 0.493 e. The molecule has 0 aliphatic rings. The van der Waals surface area contributed by atoms with Crippen LogP contribution in [0.1, 0.15) is 18.1 Å². The quantitative estimate of drug-likeness (QED) is 0.521. The predicted molar refractivity (Wildman–Crippen MR) is 110 cm³/mol. The number of hydrogen-bond donors (Lipinski definition) is 0. The van der Waals surface area contributed by atoms with Crippen LogP contribution in [0, 0.1) is 6.92 Å². The molecular formula is C21H19N3O3S. The van der Waals surface area contributed by atoms with Gasteiger partial charge in [0.15, 0.2) is 17.3 Å². The van der Waals surface area contributed by atoms with E-state index in [0.717, 1.165) is 16.7 Å². The van der Waals surface area contributed by atoms with Gasteiger partial charge < -0.3 is 9.47 Å². The van der Waals surface area contributed by atoms with Gasteiger partial charge >= 0.3 is 0 Å². The average Bonchev–Trinajstić information content (AvgIpc) is 3.23. The van der Waals surface area contributed by atoms with Gasteiger partial charge in [-0.05, 0) is 43.7 Å². The number of methoxy groups -OCH3 is 1. The Bertz CT molecular complexity index is 1260. The molecule has 0 radical (unpaired) electrons. The highest BCUT2D eigenvalue weighted by Gasteiger charge is 2.12. The standard InChI is InChI=1S/C21H19N3O3S/c1-4-27-16-9-8-14(11-17(16)26-3)12-18-20(25)24-21(28-18)22-19(23-24)15-7-5-6-13(2)10-15/h5-12H,4H2,1-3H3. The van der Waals surface area contributed by atoms with E-state index in [1.165, 1.54) is 15.9 Å². The molecule has 142 valence electrons. The molecule has 0 fully saturated rings. The molecule has 0 amide bonds. The van der Waals surface area contributed by atoms with E-state index in [4.69, 9.17) is 9.47 Å². The Morgan fingerprint density at radius 1 is 1.18 bits per heavy atom. The lowest BCUT2D eigenvalue weighted by molar-refractivity contribution is 0.311. The Morgan fingerprint density at radius 2 is 2.04 bits per heavy atom. The summed E-state index contributed by atoms with van der Waals surface area (Å²) in [6, 6.07) is 13.5. The highest BCUT2D eigenvalue weighted by molar-refractivity contribution is 7.15. The van der Waals surface area contributed by atoms with Crippen molar-refractivity contribution in [1.82, 2.24) is 14.6 Å². The molecule has 7 heteroatoms. The summed E-state index contributed by atoms with van der Waals surface area (Å²) in [5.41, 5.74) is 2.69. The third-order valence-corrected chi connectivity index (χ3v) is 5.20. The van der Waals surface area contributed by atoms with E-state index in [1.54, 1.807) is 7.11 Å². The molecule has 2 aromatic heterocycles. The first kappa shape index (κ1) is 18.2. The number of rotatable bonds is 5. The lowest BCUT2D eigenvalue weighted by atomic mass is 10.1. The number of ether oxygens (including phenoxy) is 2. The van der Waals surface area contributed by atoms with Crippen LogP contribution in [-0.2, 0) is 0 Å². The van der Waals surface area contributed by atoms with Crippen LogP contribution in [0.2, 0.25) is 0 Å². The minimum atomic E-state index is -0.181. The number of thiazole rings is 1. The van der Waals surface area contributed by atoms with Crippen molar-refractivity contribution in [2.45, 2.75) is 13.8 Å². The zero-order valence-corrected chi connectivity index (χ0v) is 16.6. The fourth-order valence-electron chi connectivity index (χ4n) is 2.94. The van der Waals surface area contributed by atoms with Gasteiger partial charge in [-0.2, -0.15) is 9.50 Å². The second-order valence-electron chi connectivity index (χ2n) is 6.26. The Morgan fingerprint density at radius 3 is 2.75 bits per heavy atom. The average molecular weight is 393 g/mol. The molecule has 0 aliphatic carbocycles. The fraction of sp³-hybridized carbons (Fsp3) is 0.190. The van der Waals surface area contributed by atoms with Crippen LogP contribution in [0.15, 0.2) is 47.3 Å². The zero-order valence-electron chi connectivity index (χ0n) is 15.8. The first-order chi connectivity index (χ1) is 13.6. The van der Waals surface area contributed by atoms with E-state index in [1.807, 2.05) is 62.4 Å². The van der Waals surface area contributed by atoms with E-state index in [9.17, 15) is 4.79 Å². The fourth-order valence-corrected chi connectivity index (χ4v) is 3.85. The van der Waals surface area contributed by atoms with Crippen molar-refractivity contribution in [3.63, 3.8) is 0 Å². The maximum atomic E-state index is 12.8. The summed E-state index contributed by atoms with van der Waals surface area (Å²) in [6.07, 6.45) is 1.81. The van der Waals surface area contributed by atoms with E-state index >= 15 is 0 Å². The van der Waals surface area contributed by atoms with Gasteiger partial charge in [-0.3, -0.25) is 4.79 Å². The minimum Gasteiger partial charge on any atom is -0.493 e. The molecule has 0 bridgehead atoms. The molecule has 0 N–H and O–H groups in total. The minimum absolute atomic E-state index is 0.181. The van der Waals surface area contributed by atoms with Crippen LogP contribution in [0.5, 0.6) is 11.5 Å². The molecule has 0 aliphatic heterocycles. The number of aromatic nitrogens is 3. The summed E-state index contributed by atoms with van der Waals surface area (Å²) in [5, 5.41) is 4.40. The van der Waals surface area contributed by atoms with Crippen LogP contribution in [0.3, 0.4) is 0 Å². The van der Waals surface area contributed by atoms with E-state index in [0.29, 0.717) is 33.4 Å². The summed E-state index contributed by atoms with van der Waals surface area (Å²) in [4.78, 5) is 17.9. The SMILES string of the molecule is CCOc1ccc(C=c2sc3nc(-c4cccc(C)c4)nn3c2=O)cc1OC. The second kappa shape index (κ2) is 7.44. The van der Waals surface area contributed by atoms with Crippen LogP contribution in [0.25, 0.3) is 22.4 Å². The predicted octanol–water partition coefficient (Wildman–Crippen LogP) is 3.08. The molecule has 0 spiro atoms. The molecule has 6 nitrogen and oxygen atoms in total. The monoisotopic (exact) mass is 393 g/mol. The zero-order chi connectivity index (χ0) is 19.7. The number of fused-ring (bicyclic) bond motifs is 1. The van der Waals surface area contributed by atoms with Crippen LogP contribution in [0.4, 0.5) is 0 Å². The molecule has 0 unspecified atom stereocenters. The molecular weight excluding hydrogens is 374 g/mol. The smallest absolute Gasteiger partial charge is 0.291 e. The highest BCUT2D eigenvalue weighted by Crippen LogP contribution is 2.28. The van der Waals surface area contributed by atoms with Gasteiger partial charge in [-0.25, -0.2) is 0 Å². The van der Waals surface area contributed by atoms with E-state index in [-0.39, 0.29) is 5.56 Å². The summed E-state index contributed by atoms with van der Waals surface area (Å²) in [6.45, 7) is 4.49. The first-order valence-corrected chi connectivity index (χ1v) is 9.70. The molecule has 4 aromatic rings. The molecule has 2 aromatic carbocycles. The van der Waals surface area contributed by atoms with Gasteiger partial charge in [0, 0.05) is 5.56 Å². The third-order valence-electron chi connectivity index (χ3n) is 4.24. The van der Waals surface area contributed by atoms with Gasteiger partial charge in [0.1, 0.15) is 0 Å². The van der Waals surface area contributed by atoms with Crippen molar-refractivity contribution in [2.24, 2.45) is 0 Å². The molecule has 0 saturated carbocycles. The second-order valence-corrected chi connectivity index (χ2v) is 7.27. The summed E-state index contributed by atoms with van der Waals surface area (Å²) < 4.78 is 12.8. The molecule has 2 heterocycles. The van der Waals surface area contributed by atoms with Gasteiger partial charge in [0.25, 0.3) is 5.56 Å². The normalized spacial score (nSPS) is 11.9. The lowest BCUT2D eigenvalue weighted by Gasteiger charge is -2.09. The van der Waals surface area contributed by atoms with Crippen LogP contribution < -0.4 is 19.6 Å². The molecule has 0 saturated heterocycles. The van der Waals surface area contributed by atoms with E-state index < -0.39 is 0 Å². The van der Waals surface area contributed by atoms with Crippen molar-refractivity contribution in [3.05, 3.63) is 68.5 Å². The van der Waals surface area contributed by atoms with Crippen molar-refractivity contribution in [2.75, 3.05) is 13.7 Å². The van der Waals surface area contributed by atoms with Crippen molar-refractivity contribution in [1.29, 1.82) is 0 Å². The van der Waals surface area contributed by atoms with Crippen molar-refractivity contribution < 1.29 is 9.47 Å². The first-order valence-electron chi connectivity index (χ1n) is 8.88. The van der Waals surface area contributed by atoms with Gasteiger partial charge in [0.05, 0.1) is 18.2 Å². The van der Waals surface area contributed by atoms with Gasteiger partial charge in [0.2, 0.25) is 4.96 Å². The van der Waals surface area contributed by atoms with Crippen LogP contribution >= 0.6 is 11.3 Å². The summed E-state index contributed by atoms with van der Waals surface area (Å²) >= 11 is 1.32. The number of benzene rings is 2. The molecule has 0 atom stereocenters. The Kier molecular flexibility index (Phi) is 4.83. The molecule has 28 heavy (non-hydrogen) atoms. The Hall–Kier alpha value is -3.19. The number of aryl methyl sites for hydroxylation is 1. The Balaban J connectivity index is 1.75. The maximum absolute atomic E-state index is 12.8. The summed E-state index contributed by atoms with van der Waals surface area (Å²) in [7, 11) is 1.59. The van der Waals surface area contributed by atoms with Crippen molar-refractivity contribution >= 4 is 22.4 Å². The van der Waals surface area contributed by atoms with Crippen molar-refractivity contribution in [3.8, 4) is 22.9 Å². The highest BCUT2D eigenvalue weighted by atomic mass is 32.1. The number of hydrogen-bond acceptors (Lipinski definition) is 6. The van der Waals surface area contributed by atoms with E-state index in [2.05, 4.69) is 10.1 Å². The molecule has 4 rings (SSSR count). The van der Waals surface area contributed by atoms with Gasteiger partial charge in [-0.1, -0.05) is 41.2 Å². The maximum Gasteiger partial charge on any atom is 0.291 e. The summed E-state index contributed by atoms with van der Waals surface area (Å²) in [5.74, 6) is 1.86. The topological polar surface area (TPSA) is 65.7 Å². The Labute approximate surface area is 165 Å². The van der Waals surface area contributed by atoms with Gasteiger partial charge in [-0.15, -0.1) is 5.10 Å². The third kappa shape index (κ3) is 3.36. The number of nitrogens with zero attached hydrogens (tertiary/aromatic N) is 3. The lowest BCUT2D eigenvalue weighted by Crippen LogP contribution is -2.23.